The molecule has 2 rings (SSSR count). The van der Waals surface area contributed by atoms with Crippen LogP contribution in [-0.4, -0.2) is 30.1 Å². The van der Waals surface area contributed by atoms with E-state index in [0.29, 0.717) is 12.1 Å². The third-order valence-corrected chi connectivity index (χ3v) is 4.09. The number of rotatable bonds is 3. The second-order valence-corrected chi connectivity index (χ2v) is 6.06. The Morgan fingerprint density at radius 1 is 1.41 bits per heavy atom. The number of nitrogens with zero attached hydrogens (tertiary/aromatic N) is 1. The van der Waals surface area contributed by atoms with Crippen molar-refractivity contribution in [2.24, 2.45) is 0 Å². The molecule has 1 atom stereocenters. The van der Waals surface area contributed by atoms with Crippen molar-refractivity contribution in [3.63, 3.8) is 0 Å². The molecular formula is C14H21BrN2. The van der Waals surface area contributed by atoms with E-state index in [-0.39, 0.29) is 0 Å². The second-order valence-electron chi connectivity index (χ2n) is 5.20. The molecular weight excluding hydrogens is 276 g/mol. The van der Waals surface area contributed by atoms with Crippen LogP contribution in [0.4, 0.5) is 5.69 Å². The highest BCUT2D eigenvalue weighted by Crippen LogP contribution is 2.26. The van der Waals surface area contributed by atoms with Crippen molar-refractivity contribution in [2.45, 2.75) is 39.3 Å². The first-order chi connectivity index (χ1) is 8.06. The number of nitrogens with one attached hydrogen (secondary N) is 1. The van der Waals surface area contributed by atoms with Crippen molar-refractivity contribution in [3.8, 4) is 0 Å². The molecule has 1 unspecified atom stereocenters. The maximum absolute atomic E-state index is 3.63. The van der Waals surface area contributed by atoms with Crippen LogP contribution in [-0.2, 0) is 0 Å². The van der Waals surface area contributed by atoms with Crippen LogP contribution in [0.25, 0.3) is 0 Å². The molecule has 3 heteroatoms. The Morgan fingerprint density at radius 2 is 2.18 bits per heavy atom. The molecule has 0 aromatic heterocycles. The highest BCUT2D eigenvalue weighted by molar-refractivity contribution is 9.10. The van der Waals surface area contributed by atoms with Gasteiger partial charge in [-0.2, -0.15) is 0 Å². The minimum Gasteiger partial charge on any atom is -0.380 e. The number of hydrogen-bond acceptors (Lipinski definition) is 2. The predicted octanol–water partition coefficient (Wildman–Crippen LogP) is 3.65. The Bertz CT molecular complexity index is 390. The molecule has 0 amide bonds. The first-order valence-electron chi connectivity index (χ1n) is 6.33. The number of halogens is 1. The standard InChI is InChI=1S/C14H21BrN2/c1-10(2)17-7-6-12(9-17)16-14-5-4-11(3)8-13(14)15/h4-5,8,10,12,16H,6-7,9H2,1-3H3. The van der Waals surface area contributed by atoms with Gasteiger partial charge < -0.3 is 5.32 Å². The Hall–Kier alpha value is -0.540. The van der Waals surface area contributed by atoms with Gasteiger partial charge in [0.1, 0.15) is 0 Å². The Labute approximate surface area is 113 Å². The number of anilines is 1. The van der Waals surface area contributed by atoms with E-state index in [4.69, 9.17) is 0 Å². The molecule has 1 saturated heterocycles. The minimum atomic E-state index is 0.580. The summed E-state index contributed by atoms with van der Waals surface area (Å²) in [6.07, 6.45) is 1.23. The lowest BCUT2D eigenvalue weighted by molar-refractivity contribution is 0.274. The molecule has 0 bridgehead atoms. The molecule has 1 aromatic rings. The SMILES string of the molecule is Cc1ccc(NC2CCN(C(C)C)C2)c(Br)c1. The van der Waals surface area contributed by atoms with Gasteiger partial charge in [0.15, 0.2) is 0 Å². The fraction of sp³-hybridized carbons (Fsp3) is 0.571. The van der Waals surface area contributed by atoms with Crippen LogP contribution < -0.4 is 5.32 Å². The molecule has 0 saturated carbocycles. The summed E-state index contributed by atoms with van der Waals surface area (Å²) >= 11 is 3.62. The van der Waals surface area contributed by atoms with E-state index < -0.39 is 0 Å². The Kier molecular flexibility index (Phi) is 4.10. The second kappa shape index (κ2) is 5.40. The van der Waals surface area contributed by atoms with E-state index in [0.717, 1.165) is 6.54 Å². The van der Waals surface area contributed by atoms with Crippen molar-refractivity contribution >= 4 is 21.6 Å². The van der Waals surface area contributed by atoms with Gasteiger partial charge in [-0.15, -0.1) is 0 Å². The van der Waals surface area contributed by atoms with Crippen molar-refractivity contribution < 1.29 is 0 Å². The molecule has 0 radical (unpaired) electrons. The number of hydrogen-bond donors (Lipinski definition) is 1. The molecule has 1 fully saturated rings. The summed E-state index contributed by atoms with van der Waals surface area (Å²) < 4.78 is 1.17. The van der Waals surface area contributed by atoms with E-state index in [1.54, 1.807) is 0 Å². The van der Waals surface area contributed by atoms with Gasteiger partial charge in [-0.3, -0.25) is 4.90 Å². The zero-order valence-electron chi connectivity index (χ0n) is 10.8. The van der Waals surface area contributed by atoms with E-state index in [9.17, 15) is 0 Å². The largest absolute Gasteiger partial charge is 0.380 e. The molecule has 17 heavy (non-hydrogen) atoms. The lowest BCUT2D eigenvalue weighted by Gasteiger charge is -2.21. The van der Waals surface area contributed by atoms with Crippen LogP contribution in [0.15, 0.2) is 22.7 Å². The van der Waals surface area contributed by atoms with Gasteiger partial charge in [0.05, 0.1) is 0 Å². The molecule has 1 aromatic carbocycles. The molecule has 1 heterocycles. The average Bonchev–Trinajstić information content (AvgIpc) is 2.71. The third-order valence-electron chi connectivity index (χ3n) is 3.43. The van der Waals surface area contributed by atoms with Crippen molar-refractivity contribution in [3.05, 3.63) is 28.2 Å². The minimum absolute atomic E-state index is 0.580. The van der Waals surface area contributed by atoms with Crippen molar-refractivity contribution in [1.29, 1.82) is 0 Å². The van der Waals surface area contributed by atoms with E-state index in [1.165, 1.54) is 28.7 Å². The van der Waals surface area contributed by atoms with Crippen molar-refractivity contribution in [2.75, 3.05) is 18.4 Å². The summed E-state index contributed by atoms with van der Waals surface area (Å²) in [7, 11) is 0. The monoisotopic (exact) mass is 296 g/mol. The molecule has 94 valence electrons. The van der Waals surface area contributed by atoms with Gasteiger partial charge in [-0.05, 0) is 60.8 Å². The fourth-order valence-corrected chi connectivity index (χ4v) is 2.94. The quantitative estimate of drug-likeness (QED) is 0.916. The summed E-state index contributed by atoms with van der Waals surface area (Å²) in [6.45, 7) is 9.01. The zero-order valence-corrected chi connectivity index (χ0v) is 12.4. The van der Waals surface area contributed by atoms with Gasteiger partial charge in [0, 0.05) is 35.3 Å². The first kappa shape index (κ1) is 12.9. The maximum Gasteiger partial charge on any atom is 0.0487 e. The van der Waals surface area contributed by atoms with E-state index in [2.05, 4.69) is 65.1 Å². The van der Waals surface area contributed by atoms with Crippen LogP contribution in [0.5, 0.6) is 0 Å². The van der Waals surface area contributed by atoms with Crippen molar-refractivity contribution in [1.82, 2.24) is 4.90 Å². The normalized spacial score (nSPS) is 21.1. The van der Waals surface area contributed by atoms with Gasteiger partial charge in [0.2, 0.25) is 0 Å². The number of benzene rings is 1. The highest BCUT2D eigenvalue weighted by atomic mass is 79.9. The summed E-state index contributed by atoms with van der Waals surface area (Å²) in [6, 6.07) is 7.72. The number of likely N-dealkylation sites (tertiary alicyclic amines) is 1. The van der Waals surface area contributed by atoms with E-state index in [1.807, 2.05) is 0 Å². The maximum atomic E-state index is 3.63. The molecule has 0 spiro atoms. The molecule has 1 aliphatic rings. The summed E-state index contributed by atoms with van der Waals surface area (Å²) in [5.41, 5.74) is 2.50. The van der Waals surface area contributed by atoms with E-state index >= 15 is 0 Å². The van der Waals surface area contributed by atoms with Gasteiger partial charge >= 0.3 is 0 Å². The Balaban J connectivity index is 1.98. The van der Waals surface area contributed by atoms with Gasteiger partial charge in [-0.1, -0.05) is 6.07 Å². The van der Waals surface area contributed by atoms with Crippen LogP contribution >= 0.6 is 15.9 Å². The fourth-order valence-electron chi connectivity index (χ4n) is 2.33. The number of aryl methyl sites for hydroxylation is 1. The van der Waals surface area contributed by atoms with Crippen LogP contribution in [0.3, 0.4) is 0 Å². The predicted molar refractivity (Wildman–Crippen MR) is 77.6 cm³/mol. The molecule has 2 nitrogen and oxygen atoms in total. The van der Waals surface area contributed by atoms with Gasteiger partial charge in [-0.25, -0.2) is 0 Å². The van der Waals surface area contributed by atoms with Crippen LogP contribution in [0, 0.1) is 6.92 Å². The summed E-state index contributed by atoms with van der Waals surface area (Å²) in [4.78, 5) is 2.53. The summed E-state index contributed by atoms with van der Waals surface area (Å²) in [5, 5.41) is 3.63. The van der Waals surface area contributed by atoms with Crippen LogP contribution in [0.2, 0.25) is 0 Å². The average molecular weight is 297 g/mol. The third kappa shape index (κ3) is 3.23. The molecule has 1 aliphatic heterocycles. The van der Waals surface area contributed by atoms with Crippen LogP contribution in [0.1, 0.15) is 25.8 Å². The molecule has 0 aliphatic carbocycles. The lowest BCUT2D eigenvalue weighted by atomic mass is 10.2. The van der Waals surface area contributed by atoms with Gasteiger partial charge in [0.25, 0.3) is 0 Å². The molecule has 1 N–H and O–H groups in total. The Morgan fingerprint density at radius 3 is 2.76 bits per heavy atom. The summed E-state index contributed by atoms with van der Waals surface area (Å²) in [5.74, 6) is 0. The lowest BCUT2D eigenvalue weighted by Crippen LogP contribution is -2.31. The zero-order chi connectivity index (χ0) is 12.4. The topological polar surface area (TPSA) is 15.3 Å². The first-order valence-corrected chi connectivity index (χ1v) is 7.12. The highest BCUT2D eigenvalue weighted by Gasteiger charge is 2.24. The smallest absolute Gasteiger partial charge is 0.0487 e.